The van der Waals surface area contributed by atoms with Gasteiger partial charge in [-0.3, -0.25) is 4.98 Å². The molecule has 1 aromatic heterocycles. The molecule has 0 spiro atoms. The molecule has 0 saturated heterocycles. The number of fused-ring (bicyclic) bond motifs is 1. The van der Waals surface area contributed by atoms with Crippen LogP contribution in [0.4, 0.5) is 5.69 Å². The molecule has 1 aromatic carbocycles. The summed E-state index contributed by atoms with van der Waals surface area (Å²) >= 11 is 0. The lowest BCUT2D eigenvalue weighted by Crippen LogP contribution is -2.29. The van der Waals surface area contributed by atoms with E-state index >= 15 is 0 Å². The predicted octanol–water partition coefficient (Wildman–Crippen LogP) is 3.08. The Hall–Kier alpha value is -1.61. The van der Waals surface area contributed by atoms with E-state index in [4.69, 9.17) is 5.73 Å². The van der Waals surface area contributed by atoms with Crippen molar-refractivity contribution in [3.8, 4) is 0 Å². The number of aryl methyl sites for hydroxylation is 1. The lowest BCUT2D eigenvalue weighted by Gasteiger charge is -2.21. The van der Waals surface area contributed by atoms with Crippen LogP contribution >= 0.6 is 0 Å². The van der Waals surface area contributed by atoms with Gasteiger partial charge in [0.25, 0.3) is 0 Å². The molecule has 2 atom stereocenters. The molecule has 19 heavy (non-hydrogen) atoms. The zero-order chi connectivity index (χ0) is 13.2. The third kappa shape index (κ3) is 2.43. The quantitative estimate of drug-likeness (QED) is 0.886. The first kappa shape index (κ1) is 12.4. The Bertz CT molecular complexity index is 579. The molecular formula is C16H21N3. The average Bonchev–Trinajstić information content (AvgIpc) is 2.87. The van der Waals surface area contributed by atoms with Crippen molar-refractivity contribution in [2.24, 2.45) is 11.7 Å². The molecule has 0 bridgehead atoms. The van der Waals surface area contributed by atoms with E-state index in [1.807, 2.05) is 6.92 Å². The third-order valence-electron chi connectivity index (χ3n) is 4.16. The zero-order valence-electron chi connectivity index (χ0n) is 11.4. The van der Waals surface area contributed by atoms with Gasteiger partial charge in [-0.05, 0) is 44.4 Å². The second kappa shape index (κ2) is 5.17. The van der Waals surface area contributed by atoms with Crippen LogP contribution in [0.2, 0.25) is 0 Å². The van der Waals surface area contributed by atoms with Crippen LogP contribution in [0.1, 0.15) is 25.0 Å². The molecule has 0 radical (unpaired) electrons. The van der Waals surface area contributed by atoms with E-state index < -0.39 is 0 Å². The number of nitrogens with one attached hydrogen (secondary N) is 1. The van der Waals surface area contributed by atoms with Crippen LogP contribution in [0.3, 0.4) is 0 Å². The maximum Gasteiger partial charge on any atom is 0.0936 e. The number of pyridine rings is 1. The van der Waals surface area contributed by atoms with Crippen LogP contribution in [-0.4, -0.2) is 17.6 Å². The van der Waals surface area contributed by atoms with Gasteiger partial charge >= 0.3 is 0 Å². The Labute approximate surface area is 114 Å². The topological polar surface area (TPSA) is 50.9 Å². The van der Waals surface area contributed by atoms with Gasteiger partial charge < -0.3 is 11.1 Å². The zero-order valence-corrected chi connectivity index (χ0v) is 11.4. The number of para-hydroxylation sites is 1. The van der Waals surface area contributed by atoms with Crippen molar-refractivity contribution in [2.75, 3.05) is 11.9 Å². The van der Waals surface area contributed by atoms with Crippen molar-refractivity contribution in [2.45, 2.75) is 32.2 Å². The predicted molar refractivity (Wildman–Crippen MR) is 80.3 cm³/mol. The van der Waals surface area contributed by atoms with Gasteiger partial charge in [-0.15, -0.1) is 0 Å². The van der Waals surface area contributed by atoms with Gasteiger partial charge in [0, 0.05) is 17.1 Å². The fourth-order valence-corrected chi connectivity index (χ4v) is 3.07. The van der Waals surface area contributed by atoms with Crippen LogP contribution in [-0.2, 0) is 0 Å². The molecule has 1 aliphatic rings. The number of hydrogen-bond acceptors (Lipinski definition) is 3. The highest BCUT2D eigenvalue weighted by molar-refractivity contribution is 5.90. The van der Waals surface area contributed by atoms with Crippen LogP contribution in [0.25, 0.3) is 10.9 Å². The van der Waals surface area contributed by atoms with E-state index in [2.05, 4.69) is 40.6 Å². The minimum atomic E-state index is 0.498. The fraction of sp³-hybridized carbons (Fsp3) is 0.438. The van der Waals surface area contributed by atoms with Crippen molar-refractivity contribution in [3.05, 3.63) is 36.0 Å². The summed E-state index contributed by atoms with van der Waals surface area (Å²) in [6.07, 6.45) is 3.73. The van der Waals surface area contributed by atoms with E-state index in [-0.39, 0.29) is 0 Å². The van der Waals surface area contributed by atoms with Gasteiger partial charge in [-0.25, -0.2) is 0 Å². The van der Waals surface area contributed by atoms with E-state index in [1.54, 1.807) is 0 Å². The summed E-state index contributed by atoms with van der Waals surface area (Å²) in [4.78, 5) is 4.67. The standard InChI is InChI=1S/C16H21N3/c1-11-8-9-12-4-2-7-15(16(12)18-11)19-14-6-3-5-13(14)10-17/h2,4,7-9,13-14,19H,3,5-6,10,17H2,1H3. The normalized spacial score (nSPS) is 22.8. The summed E-state index contributed by atoms with van der Waals surface area (Å²) in [6, 6.07) is 11.0. The minimum Gasteiger partial charge on any atom is -0.380 e. The van der Waals surface area contributed by atoms with Crippen molar-refractivity contribution in [3.63, 3.8) is 0 Å². The Morgan fingerprint density at radius 1 is 1.26 bits per heavy atom. The van der Waals surface area contributed by atoms with Crippen molar-refractivity contribution in [1.29, 1.82) is 0 Å². The van der Waals surface area contributed by atoms with Gasteiger partial charge in [-0.2, -0.15) is 0 Å². The molecule has 3 heteroatoms. The molecule has 2 unspecified atom stereocenters. The number of hydrogen-bond donors (Lipinski definition) is 2. The maximum atomic E-state index is 5.86. The van der Waals surface area contributed by atoms with Crippen LogP contribution in [0.5, 0.6) is 0 Å². The number of anilines is 1. The maximum absolute atomic E-state index is 5.86. The number of nitrogens with zero attached hydrogens (tertiary/aromatic N) is 1. The van der Waals surface area contributed by atoms with Crippen LogP contribution < -0.4 is 11.1 Å². The molecule has 2 aromatic rings. The first-order valence-corrected chi connectivity index (χ1v) is 7.11. The number of benzene rings is 1. The Kier molecular flexibility index (Phi) is 3.38. The first-order chi connectivity index (χ1) is 9.28. The van der Waals surface area contributed by atoms with Gasteiger partial charge in [0.2, 0.25) is 0 Å². The summed E-state index contributed by atoms with van der Waals surface area (Å²) in [6.45, 7) is 2.81. The van der Waals surface area contributed by atoms with Crippen LogP contribution in [0, 0.1) is 12.8 Å². The van der Waals surface area contributed by atoms with Crippen molar-refractivity contribution >= 4 is 16.6 Å². The van der Waals surface area contributed by atoms with E-state index in [9.17, 15) is 0 Å². The molecule has 1 saturated carbocycles. The second-order valence-electron chi connectivity index (χ2n) is 5.51. The number of nitrogens with two attached hydrogens (primary N) is 1. The molecule has 1 aliphatic carbocycles. The smallest absolute Gasteiger partial charge is 0.0936 e. The number of rotatable bonds is 3. The molecule has 0 amide bonds. The lowest BCUT2D eigenvalue weighted by atomic mass is 10.0. The summed E-state index contributed by atoms with van der Waals surface area (Å²) in [5.41, 5.74) is 9.14. The summed E-state index contributed by atoms with van der Waals surface area (Å²) in [7, 11) is 0. The summed E-state index contributed by atoms with van der Waals surface area (Å²) in [5, 5.41) is 4.86. The highest BCUT2D eigenvalue weighted by Gasteiger charge is 2.26. The van der Waals surface area contributed by atoms with Gasteiger partial charge in [-0.1, -0.05) is 24.6 Å². The number of aromatic nitrogens is 1. The highest BCUT2D eigenvalue weighted by Crippen LogP contribution is 2.30. The van der Waals surface area contributed by atoms with Gasteiger partial charge in [0.1, 0.15) is 0 Å². The SMILES string of the molecule is Cc1ccc2cccc(NC3CCCC3CN)c2n1. The fourth-order valence-electron chi connectivity index (χ4n) is 3.07. The molecule has 3 rings (SSSR count). The first-order valence-electron chi connectivity index (χ1n) is 7.11. The van der Waals surface area contributed by atoms with Gasteiger partial charge in [0.05, 0.1) is 11.2 Å². The molecule has 0 aliphatic heterocycles. The minimum absolute atomic E-state index is 0.498. The van der Waals surface area contributed by atoms with E-state index in [0.717, 1.165) is 23.4 Å². The Morgan fingerprint density at radius 2 is 2.16 bits per heavy atom. The molecule has 1 heterocycles. The molecule has 3 N–H and O–H groups in total. The van der Waals surface area contributed by atoms with E-state index in [0.29, 0.717) is 12.0 Å². The molecule has 100 valence electrons. The Morgan fingerprint density at radius 3 is 3.00 bits per heavy atom. The molecular weight excluding hydrogens is 234 g/mol. The third-order valence-corrected chi connectivity index (χ3v) is 4.16. The van der Waals surface area contributed by atoms with Crippen LogP contribution in [0.15, 0.2) is 30.3 Å². The average molecular weight is 255 g/mol. The highest BCUT2D eigenvalue weighted by atomic mass is 15.0. The summed E-state index contributed by atoms with van der Waals surface area (Å²) < 4.78 is 0. The monoisotopic (exact) mass is 255 g/mol. The molecule has 3 nitrogen and oxygen atoms in total. The van der Waals surface area contributed by atoms with Crippen molar-refractivity contribution in [1.82, 2.24) is 4.98 Å². The lowest BCUT2D eigenvalue weighted by molar-refractivity contribution is 0.517. The second-order valence-corrected chi connectivity index (χ2v) is 5.51. The Balaban J connectivity index is 1.94. The largest absolute Gasteiger partial charge is 0.380 e. The van der Waals surface area contributed by atoms with Crippen molar-refractivity contribution < 1.29 is 0 Å². The van der Waals surface area contributed by atoms with E-state index in [1.165, 1.54) is 24.6 Å². The van der Waals surface area contributed by atoms with Gasteiger partial charge in [0.15, 0.2) is 0 Å². The summed E-state index contributed by atoms with van der Waals surface area (Å²) in [5.74, 6) is 0.597. The molecule has 1 fully saturated rings.